The number of hydrogen-bond acceptors (Lipinski definition) is 6. The van der Waals surface area contributed by atoms with Crippen LogP contribution in [0, 0.1) is 0 Å². The van der Waals surface area contributed by atoms with Crippen molar-refractivity contribution in [3.63, 3.8) is 0 Å². The van der Waals surface area contributed by atoms with Crippen molar-refractivity contribution in [2.24, 2.45) is 0 Å². The average molecular weight is 351 g/mol. The van der Waals surface area contributed by atoms with Crippen LogP contribution in [-0.4, -0.2) is 36.3 Å². The first-order valence-corrected chi connectivity index (χ1v) is 7.48. The van der Waals surface area contributed by atoms with Crippen molar-refractivity contribution in [3.8, 4) is 23.0 Å². The lowest BCUT2D eigenvalue weighted by Crippen LogP contribution is -2.36. The lowest BCUT2D eigenvalue weighted by Gasteiger charge is -2.31. The van der Waals surface area contributed by atoms with Gasteiger partial charge in [-0.05, 0) is 17.7 Å². The number of carbonyl (C=O) groups excluding carboxylic acids is 1. The van der Waals surface area contributed by atoms with E-state index in [9.17, 15) is 15.0 Å². The van der Waals surface area contributed by atoms with E-state index < -0.39 is 18.0 Å². The highest BCUT2D eigenvalue weighted by molar-refractivity contribution is 6.30. The van der Waals surface area contributed by atoms with Crippen LogP contribution in [0.4, 0.5) is 0 Å². The van der Waals surface area contributed by atoms with Gasteiger partial charge in [-0.15, -0.1) is 0 Å². The van der Waals surface area contributed by atoms with Gasteiger partial charge in [0.2, 0.25) is 11.5 Å². The Morgan fingerprint density at radius 3 is 2.42 bits per heavy atom. The minimum Gasteiger partial charge on any atom is -0.502 e. The summed E-state index contributed by atoms with van der Waals surface area (Å²) in [6.07, 6.45) is -2.35. The highest BCUT2D eigenvalue weighted by Crippen LogP contribution is 2.48. The van der Waals surface area contributed by atoms with E-state index in [-0.39, 0.29) is 28.6 Å². The Bertz CT molecular complexity index is 787. The molecule has 2 N–H and O–H groups in total. The van der Waals surface area contributed by atoms with E-state index >= 15 is 0 Å². The summed E-state index contributed by atoms with van der Waals surface area (Å²) in [4.78, 5) is 12.6. The van der Waals surface area contributed by atoms with Crippen molar-refractivity contribution < 1.29 is 29.2 Å². The molecule has 2 aromatic carbocycles. The average Bonchev–Trinajstić information content (AvgIpc) is 2.59. The summed E-state index contributed by atoms with van der Waals surface area (Å²) in [6.45, 7) is 0. The van der Waals surface area contributed by atoms with E-state index in [1.54, 1.807) is 24.3 Å². The molecule has 2 atom stereocenters. The number of benzene rings is 2. The molecule has 2 unspecified atom stereocenters. The largest absolute Gasteiger partial charge is 0.502 e. The van der Waals surface area contributed by atoms with E-state index in [2.05, 4.69) is 0 Å². The zero-order valence-electron chi connectivity index (χ0n) is 12.9. The predicted molar refractivity (Wildman–Crippen MR) is 86.4 cm³/mol. The first kappa shape index (κ1) is 16.4. The number of aliphatic hydroxyl groups excluding tert-OH is 1. The Labute approximate surface area is 143 Å². The molecule has 1 aliphatic rings. The molecule has 2 aromatic rings. The van der Waals surface area contributed by atoms with Crippen molar-refractivity contribution in [3.05, 3.63) is 46.5 Å². The minimum absolute atomic E-state index is 0.0199. The Balaban J connectivity index is 2.12. The molecule has 0 spiro atoms. The number of aromatic hydroxyl groups is 1. The quantitative estimate of drug-likeness (QED) is 0.885. The number of fused-ring (bicyclic) bond motifs is 1. The van der Waals surface area contributed by atoms with E-state index in [0.717, 1.165) is 0 Å². The molecular formula is C17H15ClO6. The molecule has 0 amide bonds. The fourth-order valence-electron chi connectivity index (χ4n) is 2.67. The van der Waals surface area contributed by atoms with Crippen LogP contribution in [0.2, 0.25) is 5.02 Å². The maximum absolute atomic E-state index is 12.6. The van der Waals surface area contributed by atoms with Gasteiger partial charge in [0.25, 0.3) is 0 Å². The number of carbonyl (C=O) groups is 1. The van der Waals surface area contributed by atoms with Gasteiger partial charge in [-0.3, -0.25) is 4.79 Å². The number of aliphatic hydroxyl groups is 1. The normalized spacial score (nSPS) is 19.4. The number of rotatable bonds is 3. The van der Waals surface area contributed by atoms with Gasteiger partial charge in [0, 0.05) is 11.1 Å². The molecule has 126 valence electrons. The molecule has 7 heteroatoms. The Morgan fingerprint density at radius 2 is 1.83 bits per heavy atom. The van der Waals surface area contributed by atoms with Crippen LogP contribution < -0.4 is 14.2 Å². The molecule has 0 radical (unpaired) electrons. The van der Waals surface area contributed by atoms with Crippen LogP contribution in [0.1, 0.15) is 22.0 Å². The first-order chi connectivity index (χ1) is 11.5. The second kappa shape index (κ2) is 6.22. The third kappa shape index (κ3) is 2.53. The molecule has 6 nitrogen and oxygen atoms in total. The molecule has 1 heterocycles. The first-order valence-electron chi connectivity index (χ1n) is 7.10. The SMILES string of the molecule is COc1cc2c(c(OC)c1O)C(=O)C(O)C(c1ccc(Cl)cc1)O2. The van der Waals surface area contributed by atoms with E-state index in [1.807, 2.05) is 0 Å². The molecule has 0 saturated carbocycles. The van der Waals surface area contributed by atoms with Crippen molar-refractivity contribution in [2.75, 3.05) is 14.2 Å². The molecular weight excluding hydrogens is 336 g/mol. The summed E-state index contributed by atoms with van der Waals surface area (Å²) < 4.78 is 16.0. The van der Waals surface area contributed by atoms with Crippen LogP contribution in [0.3, 0.4) is 0 Å². The number of ether oxygens (including phenoxy) is 3. The van der Waals surface area contributed by atoms with Crippen LogP contribution in [0.5, 0.6) is 23.0 Å². The highest BCUT2D eigenvalue weighted by Gasteiger charge is 2.40. The van der Waals surface area contributed by atoms with Crippen LogP contribution >= 0.6 is 11.6 Å². The number of phenolic OH excluding ortho intramolecular Hbond substituents is 1. The fourth-order valence-corrected chi connectivity index (χ4v) is 2.80. The lowest BCUT2D eigenvalue weighted by atomic mass is 9.92. The number of methoxy groups -OCH3 is 2. The van der Waals surface area contributed by atoms with Crippen molar-refractivity contribution in [2.45, 2.75) is 12.2 Å². The lowest BCUT2D eigenvalue weighted by molar-refractivity contribution is 0.0209. The zero-order valence-corrected chi connectivity index (χ0v) is 13.7. The van der Waals surface area contributed by atoms with Crippen LogP contribution in [0.25, 0.3) is 0 Å². The van der Waals surface area contributed by atoms with Gasteiger partial charge in [0.15, 0.2) is 23.7 Å². The smallest absolute Gasteiger partial charge is 0.203 e. The van der Waals surface area contributed by atoms with Crippen molar-refractivity contribution >= 4 is 17.4 Å². The summed E-state index contributed by atoms with van der Waals surface area (Å²) in [5.41, 5.74) is 0.574. The second-order valence-corrected chi connectivity index (χ2v) is 5.67. The molecule has 0 fully saturated rings. The zero-order chi connectivity index (χ0) is 17.4. The standard InChI is InChI=1S/C17H15ClO6/c1-22-11-7-10-12(17(23-2)13(11)19)14(20)15(21)16(24-10)8-3-5-9(18)6-4-8/h3-7,15-16,19,21H,1-2H3. The minimum atomic E-state index is -1.44. The molecule has 0 aromatic heterocycles. The topological polar surface area (TPSA) is 85.2 Å². The van der Waals surface area contributed by atoms with Gasteiger partial charge in [-0.1, -0.05) is 23.7 Å². The van der Waals surface area contributed by atoms with Crippen molar-refractivity contribution in [1.82, 2.24) is 0 Å². The van der Waals surface area contributed by atoms with Gasteiger partial charge in [0.05, 0.1) is 14.2 Å². The van der Waals surface area contributed by atoms with Gasteiger partial charge < -0.3 is 24.4 Å². The third-order valence-corrected chi connectivity index (χ3v) is 4.11. The Morgan fingerprint density at radius 1 is 1.17 bits per heavy atom. The second-order valence-electron chi connectivity index (χ2n) is 5.23. The highest BCUT2D eigenvalue weighted by atomic mass is 35.5. The van der Waals surface area contributed by atoms with Gasteiger partial charge in [-0.2, -0.15) is 0 Å². The molecule has 0 bridgehead atoms. The summed E-state index contributed by atoms with van der Waals surface area (Å²) >= 11 is 5.86. The molecule has 0 aliphatic carbocycles. The maximum atomic E-state index is 12.6. The maximum Gasteiger partial charge on any atom is 0.203 e. The fraction of sp³-hybridized carbons (Fsp3) is 0.235. The van der Waals surface area contributed by atoms with Gasteiger partial charge in [-0.25, -0.2) is 0 Å². The van der Waals surface area contributed by atoms with Crippen LogP contribution in [-0.2, 0) is 0 Å². The summed E-state index contributed by atoms with van der Waals surface area (Å²) in [7, 11) is 2.68. The van der Waals surface area contributed by atoms with E-state index in [0.29, 0.717) is 10.6 Å². The Hall–Kier alpha value is -2.44. The third-order valence-electron chi connectivity index (χ3n) is 3.86. The monoisotopic (exact) mass is 350 g/mol. The number of phenols is 1. The number of Topliss-reactive ketones (excluding diaryl/α,β-unsaturated/α-hetero) is 1. The molecule has 0 saturated heterocycles. The summed E-state index contributed by atoms with van der Waals surface area (Å²) in [6, 6.07) is 8.02. The molecule has 3 rings (SSSR count). The van der Waals surface area contributed by atoms with Gasteiger partial charge >= 0.3 is 0 Å². The van der Waals surface area contributed by atoms with Crippen molar-refractivity contribution in [1.29, 1.82) is 0 Å². The number of ketones is 1. The Kier molecular flexibility index (Phi) is 4.26. The number of hydrogen-bond donors (Lipinski definition) is 2. The molecule has 24 heavy (non-hydrogen) atoms. The summed E-state index contributed by atoms with van der Waals surface area (Å²) in [5.74, 6) is -0.761. The molecule has 1 aliphatic heterocycles. The number of halogens is 1. The van der Waals surface area contributed by atoms with Crippen LogP contribution in [0.15, 0.2) is 30.3 Å². The predicted octanol–water partition coefficient (Wildman–Crippen LogP) is 2.74. The van der Waals surface area contributed by atoms with Gasteiger partial charge in [0.1, 0.15) is 11.3 Å². The van der Waals surface area contributed by atoms with E-state index in [1.165, 1.54) is 20.3 Å². The summed E-state index contributed by atoms with van der Waals surface area (Å²) in [5, 5.41) is 21.0. The van der Waals surface area contributed by atoms with E-state index in [4.69, 9.17) is 25.8 Å².